The molecule has 4 heterocycles. The minimum absolute atomic E-state index is 0.196. The Balaban J connectivity index is 0.000000181. The zero-order valence-electron chi connectivity index (χ0n) is 23.6. The van der Waals surface area contributed by atoms with Crippen LogP contribution in [0.4, 0.5) is 15.2 Å². The average molecular weight is 608 g/mol. The first-order valence-corrected chi connectivity index (χ1v) is 14.2. The second kappa shape index (κ2) is 12.2. The maximum Gasteiger partial charge on any atom is 0.500 e. The smallest absolute Gasteiger partial charge is 0.481 e. The van der Waals surface area contributed by atoms with Crippen molar-refractivity contribution in [1.82, 2.24) is 19.9 Å². The summed E-state index contributed by atoms with van der Waals surface area (Å²) in [4.78, 5) is 16.5. The van der Waals surface area contributed by atoms with Gasteiger partial charge in [-0.3, -0.25) is 0 Å². The summed E-state index contributed by atoms with van der Waals surface area (Å²) in [6, 6.07) is 15.8. The van der Waals surface area contributed by atoms with Gasteiger partial charge in [-0.1, -0.05) is 35.1 Å². The van der Waals surface area contributed by atoms with Crippen LogP contribution in [0.2, 0.25) is 5.15 Å². The molecular formula is C29H28BClFN5O4S. The number of nitrogens with one attached hydrogen (secondary N) is 1. The van der Waals surface area contributed by atoms with Gasteiger partial charge in [0.05, 0.1) is 28.5 Å². The zero-order chi connectivity index (χ0) is 29.9. The van der Waals surface area contributed by atoms with Crippen LogP contribution < -0.4 is 20.3 Å². The van der Waals surface area contributed by atoms with E-state index in [0.717, 1.165) is 11.2 Å². The number of benzene rings is 2. The molecule has 1 aliphatic heterocycles. The fraction of sp³-hybridized carbons (Fsp3) is 0.241. The van der Waals surface area contributed by atoms with Crippen molar-refractivity contribution < 1.29 is 23.2 Å². The lowest BCUT2D eigenvalue weighted by Gasteiger charge is -2.32. The summed E-state index contributed by atoms with van der Waals surface area (Å²) in [5.74, 6) is 1.09. The molecule has 1 aliphatic rings. The Morgan fingerprint density at radius 2 is 1.57 bits per heavy atom. The monoisotopic (exact) mass is 607 g/mol. The normalized spacial score (nSPS) is 15.2. The van der Waals surface area contributed by atoms with Crippen molar-refractivity contribution in [3.8, 4) is 17.5 Å². The van der Waals surface area contributed by atoms with E-state index >= 15 is 0 Å². The summed E-state index contributed by atoms with van der Waals surface area (Å²) in [6.45, 7) is 8.09. The Kier molecular flexibility index (Phi) is 8.60. The molecule has 1 fully saturated rings. The minimum atomic E-state index is -0.427. The van der Waals surface area contributed by atoms with Crippen molar-refractivity contribution in [2.45, 2.75) is 38.9 Å². The van der Waals surface area contributed by atoms with Crippen molar-refractivity contribution in [3.05, 3.63) is 84.2 Å². The summed E-state index contributed by atoms with van der Waals surface area (Å²) < 4.78 is 37.0. The zero-order valence-corrected chi connectivity index (χ0v) is 25.2. The number of hydrogen-bond acceptors (Lipinski definition) is 10. The first-order chi connectivity index (χ1) is 20.1. The van der Waals surface area contributed by atoms with E-state index in [9.17, 15) is 4.39 Å². The summed E-state index contributed by atoms with van der Waals surface area (Å²) in [5.41, 5.74) is 1.56. The third kappa shape index (κ3) is 6.47. The quantitative estimate of drug-likeness (QED) is 0.209. The van der Waals surface area contributed by atoms with E-state index in [1.54, 1.807) is 37.6 Å². The summed E-state index contributed by atoms with van der Waals surface area (Å²) in [6.07, 6.45) is 4.68. The van der Waals surface area contributed by atoms with E-state index < -0.39 is 7.12 Å². The van der Waals surface area contributed by atoms with Gasteiger partial charge in [-0.15, -0.1) is 0 Å². The van der Waals surface area contributed by atoms with Crippen LogP contribution >= 0.6 is 22.9 Å². The van der Waals surface area contributed by atoms with Gasteiger partial charge in [-0.2, -0.15) is 0 Å². The van der Waals surface area contributed by atoms with E-state index in [4.69, 9.17) is 30.4 Å². The van der Waals surface area contributed by atoms with Gasteiger partial charge < -0.3 is 24.1 Å². The number of ether oxygens (including phenoxy) is 2. The van der Waals surface area contributed by atoms with Crippen LogP contribution in [0.15, 0.2) is 73.2 Å². The van der Waals surface area contributed by atoms with Gasteiger partial charge in [0.25, 0.3) is 5.88 Å². The molecule has 3 aromatic heterocycles. The maximum absolute atomic E-state index is 13.7. The largest absolute Gasteiger partial charge is 0.500 e. The number of thiazole rings is 1. The molecular weight excluding hydrogens is 580 g/mol. The second-order valence-corrected chi connectivity index (χ2v) is 11.6. The highest BCUT2D eigenvalue weighted by Crippen LogP contribution is 2.37. The van der Waals surface area contributed by atoms with Crippen molar-refractivity contribution in [3.63, 3.8) is 0 Å². The number of fused-ring (bicyclic) bond motifs is 1. The Labute approximate surface area is 252 Å². The van der Waals surface area contributed by atoms with Crippen LogP contribution in [0.1, 0.15) is 27.7 Å². The van der Waals surface area contributed by atoms with Crippen LogP contribution in [0, 0.1) is 5.82 Å². The molecule has 0 saturated carbocycles. The third-order valence-corrected chi connectivity index (χ3v) is 8.07. The summed E-state index contributed by atoms with van der Waals surface area (Å²) in [7, 11) is 1.17. The fourth-order valence-corrected chi connectivity index (χ4v) is 4.94. The molecule has 0 atom stereocenters. The molecule has 0 bridgehead atoms. The molecule has 5 aromatic rings. The van der Waals surface area contributed by atoms with Gasteiger partial charge in [0, 0.05) is 29.7 Å². The van der Waals surface area contributed by atoms with E-state index in [1.807, 2.05) is 52.0 Å². The molecule has 1 N–H and O–H groups in total. The fourth-order valence-electron chi connectivity index (χ4n) is 3.91. The number of methoxy groups -OCH3 is 1. The highest BCUT2D eigenvalue weighted by molar-refractivity contribution is 7.22. The number of nitrogens with zero attached hydrogens (tertiary/aromatic N) is 4. The van der Waals surface area contributed by atoms with Crippen LogP contribution in [0.25, 0.3) is 10.2 Å². The van der Waals surface area contributed by atoms with Crippen LogP contribution in [-0.4, -0.2) is 45.4 Å². The van der Waals surface area contributed by atoms with Crippen LogP contribution in [0.5, 0.6) is 17.5 Å². The number of pyridine rings is 1. The lowest BCUT2D eigenvalue weighted by atomic mass is 9.80. The Morgan fingerprint density at radius 1 is 0.881 bits per heavy atom. The van der Waals surface area contributed by atoms with Gasteiger partial charge >= 0.3 is 7.12 Å². The second-order valence-electron chi connectivity index (χ2n) is 10.2. The molecule has 0 aliphatic carbocycles. The van der Waals surface area contributed by atoms with Crippen LogP contribution in [0.3, 0.4) is 0 Å². The van der Waals surface area contributed by atoms with Crippen molar-refractivity contribution in [2.24, 2.45) is 0 Å². The summed E-state index contributed by atoms with van der Waals surface area (Å²) in [5, 5.41) is 3.97. The molecule has 0 radical (unpaired) electrons. The molecule has 0 unspecified atom stereocenters. The maximum atomic E-state index is 13.7. The molecule has 0 spiro atoms. The van der Waals surface area contributed by atoms with Crippen molar-refractivity contribution in [1.29, 1.82) is 0 Å². The van der Waals surface area contributed by atoms with Gasteiger partial charge in [0.1, 0.15) is 11.6 Å². The van der Waals surface area contributed by atoms with Gasteiger partial charge in [0.2, 0.25) is 5.88 Å². The molecule has 2 aromatic carbocycles. The topological polar surface area (TPSA) is 101 Å². The van der Waals surface area contributed by atoms with Crippen molar-refractivity contribution in [2.75, 3.05) is 12.4 Å². The molecule has 42 heavy (non-hydrogen) atoms. The van der Waals surface area contributed by atoms with Gasteiger partial charge in [-0.05, 0) is 70.2 Å². The number of halogens is 2. The molecule has 6 rings (SSSR count). The van der Waals surface area contributed by atoms with Gasteiger partial charge in [0.15, 0.2) is 10.3 Å². The Morgan fingerprint density at radius 3 is 2.24 bits per heavy atom. The lowest BCUT2D eigenvalue weighted by Crippen LogP contribution is -2.41. The minimum Gasteiger partial charge on any atom is -0.481 e. The summed E-state index contributed by atoms with van der Waals surface area (Å²) >= 11 is 7.18. The predicted molar refractivity (Wildman–Crippen MR) is 163 cm³/mol. The number of hydrogen-bond donors (Lipinski definition) is 1. The van der Waals surface area contributed by atoms with Crippen molar-refractivity contribution >= 4 is 56.6 Å². The number of aromatic nitrogens is 4. The highest BCUT2D eigenvalue weighted by atomic mass is 35.5. The first-order valence-electron chi connectivity index (χ1n) is 13.0. The lowest BCUT2D eigenvalue weighted by molar-refractivity contribution is 0.00578. The molecule has 9 nitrogen and oxygen atoms in total. The molecule has 1 saturated heterocycles. The van der Waals surface area contributed by atoms with Crippen LogP contribution in [-0.2, 0) is 9.31 Å². The molecule has 0 amide bonds. The predicted octanol–water partition coefficient (Wildman–Crippen LogP) is 6.80. The number of rotatable bonds is 6. The Bertz CT molecular complexity index is 1670. The SMILES string of the molecule is COc1ncccc1B1OC(C)(C)C(C)(C)O1.Fc1cccc2nc(Nc3ccc(Oc4nccnc4Cl)cc3)sc12. The number of anilines is 2. The van der Waals surface area contributed by atoms with E-state index in [-0.39, 0.29) is 28.1 Å². The third-order valence-electron chi connectivity index (χ3n) is 6.81. The molecule has 216 valence electrons. The molecule has 13 heteroatoms. The standard InChI is InChI=1S/C17H10ClFN4OS.C12H18BNO3/c18-15-16(21-9-8-20-15)24-11-6-4-10(5-7-11)22-17-23-13-3-1-2-12(19)14(13)25-17;1-11(2)12(3,4)17-13(16-11)9-7-6-8-14-10(9)15-5/h1-9H,(H,22,23);6-8H,1-5H3. The first kappa shape index (κ1) is 29.7. The average Bonchev–Trinajstić information content (AvgIpc) is 3.48. The van der Waals surface area contributed by atoms with E-state index in [1.165, 1.54) is 29.8 Å². The Hall–Kier alpha value is -3.84. The van der Waals surface area contributed by atoms with E-state index in [0.29, 0.717) is 27.0 Å². The highest BCUT2D eigenvalue weighted by Gasteiger charge is 2.52. The van der Waals surface area contributed by atoms with E-state index in [2.05, 4.69) is 25.3 Å². The van der Waals surface area contributed by atoms with Gasteiger partial charge in [-0.25, -0.2) is 24.3 Å².